The van der Waals surface area contributed by atoms with Crippen molar-refractivity contribution >= 4 is 29.6 Å². The Balaban J connectivity index is 1.93. The molecule has 0 fully saturated rings. The van der Waals surface area contributed by atoms with E-state index in [4.69, 9.17) is 21.7 Å². The highest BCUT2D eigenvalue weighted by Crippen LogP contribution is 2.25. The van der Waals surface area contributed by atoms with E-state index in [1.807, 2.05) is 47.9 Å². The van der Waals surface area contributed by atoms with Crippen molar-refractivity contribution in [2.45, 2.75) is 13.3 Å². The van der Waals surface area contributed by atoms with Crippen LogP contribution in [0.5, 0.6) is 5.75 Å². The molecule has 0 radical (unpaired) electrons. The highest BCUT2D eigenvalue weighted by molar-refractivity contribution is 7.71. The van der Waals surface area contributed by atoms with Crippen LogP contribution >= 0.6 is 12.2 Å². The number of benzene rings is 1. The molecule has 0 aliphatic heterocycles. The topological polar surface area (TPSA) is 64.1 Å². The third-order valence-electron chi connectivity index (χ3n) is 3.88. The number of hydrogen-bond acceptors (Lipinski definition) is 5. The van der Waals surface area contributed by atoms with Gasteiger partial charge in [0.05, 0.1) is 14.2 Å². The molecule has 2 aromatic rings. The number of rotatable bonds is 5. The predicted molar refractivity (Wildman–Crippen MR) is 101 cm³/mol. The Morgan fingerprint density at radius 1 is 1.16 bits per heavy atom. The maximum absolute atomic E-state index is 5.42. The molecule has 0 atom stereocenters. The fourth-order valence-electron chi connectivity index (χ4n) is 2.62. The monoisotopic (exact) mass is 356 g/mol. The van der Waals surface area contributed by atoms with Gasteiger partial charge in [0.15, 0.2) is 0 Å². The van der Waals surface area contributed by atoms with Gasteiger partial charge in [0.1, 0.15) is 11.5 Å². The first kappa shape index (κ1) is 17.0. The lowest BCUT2D eigenvalue weighted by Crippen LogP contribution is -2.03. The zero-order valence-electron chi connectivity index (χ0n) is 14.4. The smallest absolute Gasteiger partial charge is 0.232 e. The van der Waals surface area contributed by atoms with E-state index in [2.05, 4.69) is 21.6 Å². The minimum Gasteiger partial charge on any atom is -0.497 e. The first-order chi connectivity index (χ1) is 12.1. The van der Waals surface area contributed by atoms with Crippen molar-refractivity contribution in [2.24, 2.45) is 0 Å². The summed E-state index contributed by atoms with van der Waals surface area (Å²) in [7, 11) is 3.32. The summed E-state index contributed by atoms with van der Waals surface area (Å²) in [6.07, 6.45) is 6.91. The van der Waals surface area contributed by atoms with E-state index < -0.39 is 0 Å². The van der Waals surface area contributed by atoms with E-state index >= 15 is 0 Å². The molecule has 1 aromatic heterocycles. The SMILES string of the molecule is COC1=CCC=C(n2c(Nc3ccc(OC)cc3)n[nH]c2=S)C=C1C. The number of hydrogen-bond donors (Lipinski definition) is 2. The van der Waals surface area contributed by atoms with Gasteiger partial charge in [-0.25, -0.2) is 5.10 Å². The number of aromatic amines is 1. The molecule has 0 amide bonds. The van der Waals surface area contributed by atoms with Crippen molar-refractivity contribution in [3.05, 3.63) is 58.6 Å². The van der Waals surface area contributed by atoms with Gasteiger partial charge in [-0.15, -0.1) is 5.10 Å². The zero-order chi connectivity index (χ0) is 17.8. The number of aromatic nitrogens is 3. The summed E-state index contributed by atoms with van der Waals surface area (Å²) >= 11 is 5.42. The Kier molecular flexibility index (Phi) is 5.04. The molecule has 0 saturated carbocycles. The van der Waals surface area contributed by atoms with Crippen LogP contribution in [0, 0.1) is 4.77 Å². The first-order valence-corrected chi connectivity index (χ1v) is 8.25. The van der Waals surface area contributed by atoms with E-state index in [1.54, 1.807) is 14.2 Å². The summed E-state index contributed by atoms with van der Waals surface area (Å²) in [4.78, 5) is 0. The van der Waals surface area contributed by atoms with Crippen LogP contribution in [-0.2, 0) is 4.74 Å². The second kappa shape index (κ2) is 7.40. The number of nitrogens with one attached hydrogen (secondary N) is 2. The van der Waals surface area contributed by atoms with Gasteiger partial charge >= 0.3 is 0 Å². The van der Waals surface area contributed by atoms with Crippen LogP contribution in [0.2, 0.25) is 0 Å². The predicted octanol–water partition coefficient (Wildman–Crippen LogP) is 4.41. The highest BCUT2D eigenvalue weighted by atomic mass is 32.1. The summed E-state index contributed by atoms with van der Waals surface area (Å²) < 4.78 is 13.0. The van der Waals surface area contributed by atoms with Gasteiger partial charge in [-0.05, 0) is 67.6 Å². The summed E-state index contributed by atoms with van der Waals surface area (Å²) in [6, 6.07) is 7.62. The molecule has 1 aromatic carbocycles. The van der Waals surface area contributed by atoms with Crippen LogP contribution in [0.4, 0.5) is 11.6 Å². The third kappa shape index (κ3) is 3.66. The molecule has 25 heavy (non-hydrogen) atoms. The van der Waals surface area contributed by atoms with Crippen molar-refractivity contribution in [1.29, 1.82) is 0 Å². The van der Waals surface area contributed by atoms with Crippen molar-refractivity contribution < 1.29 is 9.47 Å². The molecule has 1 aliphatic carbocycles. The van der Waals surface area contributed by atoms with Gasteiger partial charge in [-0.3, -0.25) is 4.57 Å². The lowest BCUT2D eigenvalue weighted by molar-refractivity contribution is 0.300. The van der Waals surface area contributed by atoms with Gasteiger partial charge in [0.2, 0.25) is 10.7 Å². The molecule has 6 nitrogen and oxygen atoms in total. The maximum atomic E-state index is 5.42. The van der Waals surface area contributed by atoms with Gasteiger partial charge in [0.25, 0.3) is 0 Å². The standard InChI is InChI=1S/C18H20N4O2S/c1-12-11-14(5-4-6-16(12)24-3)22-17(20-21-18(22)25)19-13-7-9-15(23-2)10-8-13/h5-11H,4H2,1-3H3,(H,19,20)(H,21,25). The summed E-state index contributed by atoms with van der Waals surface area (Å²) in [6.45, 7) is 2.01. The minimum atomic E-state index is 0.521. The lowest BCUT2D eigenvalue weighted by Gasteiger charge is -2.11. The minimum absolute atomic E-state index is 0.521. The number of allylic oxidation sites excluding steroid dienone is 5. The quantitative estimate of drug-likeness (QED) is 0.777. The van der Waals surface area contributed by atoms with Crippen LogP contribution in [-0.4, -0.2) is 29.0 Å². The molecule has 2 N–H and O–H groups in total. The molecule has 130 valence electrons. The molecular weight excluding hydrogens is 336 g/mol. The van der Waals surface area contributed by atoms with Crippen LogP contribution in [0.3, 0.4) is 0 Å². The molecule has 1 heterocycles. The molecular formula is C18H20N4O2S. The molecule has 0 spiro atoms. The molecule has 0 bridgehead atoms. The number of methoxy groups -OCH3 is 2. The molecule has 3 rings (SSSR count). The highest BCUT2D eigenvalue weighted by Gasteiger charge is 2.13. The normalized spacial score (nSPS) is 14.1. The van der Waals surface area contributed by atoms with Crippen molar-refractivity contribution in [1.82, 2.24) is 14.8 Å². The molecule has 1 aliphatic rings. The third-order valence-corrected chi connectivity index (χ3v) is 4.15. The first-order valence-electron chi connectivity index (χ1n) is 7.84. The summed E-state index contributed by atoms with van der Waals surface area (Å²) in [5, 5.41) is 10.4. The Morgan fingerprint density at radius 2 is 1.92 bits per heavy atom. The van der Waals surface area contributed by atoms with Crippen LogP contribution < -0.4 is 10.1 Å². The Hall–Kier alpha value is -2.80. The van der Waals surface area contributed by atoms with Crippen molar-refractivity contribution in [3.8, 4) is 5.75 Å². The van der Waals surface area contributed by atoms with E-state index in [9.17, 15) is 0 Å². The molecule has 0 saturated heterocycles. The maximum Gasteiger partial charge on any atom is 0.232 e. The zero-order valence-corrected chi connectivity index (χ0v) is 15.2. The number of anilines is 2. The van der Waals surface area contributed by atoms with E-state index in [1.165, 1.54) is 0 Å². The average molecular weight is 356 g/mol. The largest absolute Gasteiger partial charge is 0.497 e. The van der Waals surface area contributed by atoms with Crippen LogP contribution in [0.15, 0.2) is 53.8 Å². The Morgan fingerprint density at radius 3 is 2.60 bits per heavy atom. The number of nitrogens with zero attached hydrogens (tertiary/aromatic N) is 2. The Labute approximate surface area is 151 Å². The van der Waals surface area contributed by atoms with Gasteiger partial charge in [-0.1, -0.05) is 6.08 Å². The van der Waals surface area contributed by atoms with Gasteiger partial charge in [0, 0.05) is 11.4 Å². The van der Waals surface area contributed by atoms with Crippen LogP contribution in [0.25, 0.3) is 5.70 Å². The fourth-order valence-corrected chi connectivity index (χ4v) is 2.86. The number of ether oxygens (including phenoxy) is 2. The van der Waals surface area contributed by atoms with E-state index in [-0.39, 0.29) is 0 Å². The van der Waals surface area contributed by atoms with Crippen molar-refractivity contribution in [2.75, 3.05) is 19.5 Å². The fraction of sp³-hybridized carbons (Fsp3) is 0.222. The van der Waals surface area contributed by atoms with E-state index in [0.717, 1.165) is 34.9 Å². The average Bonchev–Trinajstić information content (AvgIpc) is 2.87. The molecule has 7 heteroatoms. The number of H-pyrrole nitrogens is 1. The van der Waals surface area contributed by atoms with E-state index in [0.29, 0.717) is 10.7 Å². The molecule has 0 unspecified atom stereocenters. The van der Waals surface area contributed by atoms with Crippen molar-refractivity contribution in [3.63, 3.8) is 0 Å². The summed E-state index contributed by atoms with van der Waals surface area (Å²) in [5.74, 6) is 2.28. The summed E-state index contributed by atoms with van der Waals surface area (Å²) in [5.41, 5.74) is 2.86. The van der Waals surface area contributed by atoms with Gasteiger partial charge in [-0.2, -0.15) is 0 Å². The lowest BCUT2D eigenvalue weighted by atomic mass is 10.2. The second-order valence-corrected chi connectivity index (χ2v) is 5.89. The van der Waals surface area contributed by atoms with Crippen LogP contribution in [0.1, 0.15) is 13.3 Å². The second-order valence-electron chi connectivity index (χ2n) is 5.51. The van der Waals surface area contributed by atoms with Gasteiger partial charge < -0.3 is 14.8 Å². The Bertz CT molecular complexity index is 904.